The van der Waals surface area contributed by atoms with Gasteiger partial charge in [0.15, 0.2) is 0 Å². The van der Waals surface area contributed by atoms with Crippen molar-refractivity contribution in [2.24, 2.45) is 0 Å². The maximum Gasteiger partial charge on any atom is 0.267 e. The van der Waals surface area contributed by atoms with Gasteiger partial charge in [-0.15, -0.1) is 0 Å². The van der Waals surface area contributed by atoms with Gasteiger partial charge in [0.1, 0.15) is 0 Å². The molecular weight excluding hydrogens is 216 g/mol. The normalized spacial score (nSPS) is 12.7. The first-order valence-corrected chi connectivity index (χ1v) is 6.37. The summed E-state index contributed by atoms with van der Waals surface area (Å²) >= 11 is 0. The number of nitrogens with one attached hydrogen (secondary N) is 1. The fourth-order valence-corrected chi connectivity index (χ4v) is 1.32. The van der Waals surface area contributed by atoms with E-state index in [1.807, 2.05) is 6.92 Å². The number of unbranched alkanes of at least 4 members (excludes halogenated alkanes) is 1. The number of rotatable bonds is 4. The Morgan fingerprint density at radius 1 is 1.53 bits per heavy atom. The van der Waals surface area contributed by atoms with Crippen LogP contribution in [-0.2, 0) is 10.1 Å². The minimum atomic E-state index is -3.78. The first-order chi connectivity index (χ1) is 6.98. The van der Waals surface area contributed by atoms with Crippen molar-refractivity contribution in [2.45, 2.75) is 38.4 Å². The molecule has 2 N–H and O–H groups in total. The molecule has 1 aromatic rings. The lowest BCUT2D eigenvalue weighted by Gasteiger charge is -2.04. The molecular formula is C9H18N2O3S. The van der Waals surface area contributed by atoms with Crippen molar-refractivity contribution in [1.29, 1.82) is 0 Å². The summed E-state index contributed by atoms with van der Waals surface area (Å²) in [5, 5.41) is -0.604. The van der Waals surface area contributed by atoms with Gasteiger partial charge in [-0.05, 0) is 13.3 Å². The van der Waals surface area contributed by atoms with Crippen molar-refractivity contribution in [3.05, 3.63) is 18.7 Å². The van der Waals surface area contributed by atoms with Crippen molar-refractivity contribution in [3.8, 4) is 0 Å². The van der Waals surface area contributed by atoms with Gasteiger partial charge < -0.3 is 4.98 Å². The average Bonchev–Trinajstić information content (AvgIpc) is 2.70. The minimum absolute atomic E-state index is 0.551. The summed E-state index contributed by atoms with van der Waals surface area (Å²) in [5.41, 5.74) is 0. The maximum absolute atomic E-state index is 10.4. The van der Waals surface area contributed by atoms with Crippen molar-refractivity contribution >= 4 is 10.1 Å². The summed E-state index contributed by atoms with van der Waals surface area (Å²) in [6, 6.07) is 0. The van der Waals surface area contributed by atoms with Crippen LogP contribution in [0.3, 0.4) is 0 Å². The summed E-state index contributed by atoms with van der Waals surface area (Å²) in [5.74, 6) is 0. The van der Waals surface area contributed by atoms with Crippen LogP contribution < -0.4 is 0 Å². The van der Waals surface area contributed by atoms with Crippen molar-refractivity contribution in [3.63, 3.8) is 0 Å². The van der Waals surface area contributed by atoms with Gasteiger partial charge in [-0.1, -0.05) is 19.8 Å². The zero-order valence-corrected chi connectivity index (χ0v) is 9.87. The number of aromatic amines is 1. The molecule has 0 bridgehead atoms. The van der Waals surface area contributed by atoms with Crippen LogP contribution in [0.25, 0.3) is 0 Å². The quantitative estimate of drug-likeness (QED) is 0.779. The van der Waals surface area contributed by atoms with Crippen LogP contribution in [0.5, 0.6) is 0 Å². The Bertz CT molecular complexity index is 304. The van der Waals surface area contributed by atoms with Gasteiger partial charge in [-0.3, -0.25) is 4.55 Å². The lowest BCUT2D eigenvalue weighted by molar-refractivity contribution is 0.464. The molecule has 15 heavy (non-hydrogen) atoms. The number of nitrogens with zero attached hydrogens (tertiary/aromatic N) is 1. The Morgan fingerprint density at radius 3 is 2.47 bits per heavy atom. The zero-order chi connectivity index (χ0) is 11.7. The second-order valence-electron chi connectivity index (χ2n) is 3.23. The van der Waals surface area contributed by atoms with Crippen LogP contribution in [0.2, 0.25) is 0 Å². The Morgan fingerprint density at radius 2 is 2.20 bits per heavy atom. The van der Waals surface area contributed by atoms with Crippen LogP contribution in [0.1, 0.15) is 33.1 Å². The molecule has 0 saturated carbocycles. The predicted octanol–water partition coefficient (Wildman–Crippen LogP) is 1.86. The molecule has 1 heterocycles. The lowest BCUT2D eigenvalue weighted by Crippen LogP contribution is -2.15. The highest BCUT2D eigenvalue weighted by Crippen LogP contribution is 2.07. The van der Waals surface area contributed by atoms with Gasteiger partial charge in [-0.25, -0.2) is 4.98 Å². The van der Waals surface area contributed by atoms with E-state index in [1.54, 1.807) is 18.7 Å². The Kier molecular flexibility index (Phi) is 6.98. The summed E-state index contributed by atoms with van der Waals surface area (Å²) in [6.45, 7) is 3.50. The van der Waals surface area contributed by atoms with Crippen LogP contribution >= 0.6 is 0 Å². The predicted molar refractivity (Wildman–Crippen MR) is 59.1 cm³/mol. The van der Waals surface area contributed by atoms with E-state index in [0.29, 0.717) is 6.42 Å². The van der Waals surface area contributed by atoms with E-state index < -0.39 is 15.4 Å². The molecule has 6 heteroatoms. The molecule has 1 unspecified atom stereocenters. The third-order valence-corrected chi connectivity index (χ3v) is 3.13. The molecule has 1 rings (SSSR count). The smallest absolute Gasteiger partial charge is 0.267 e. The molecule has 0 radical (unpaired) electrons. The fourth-order valence-electron chi connectivity index (χ4n) is 0.856. The molecule has 1 aromatic heterocycles. The summed E-state index contributed by atoms with van der Waals surface area (Å²) in [7, 11) is -3.78. The number of imidazole rings is 1. The number of aromatic nitrogens is 2. The first kappa shape index (κ1) is 14.1. The highest BCUT2D eigenvalue weighted by Gasteiger charge is 2.15. The average molecular weight is 234 g/mol. The largest absolute Gasteiger partial charge is 0.351 e. The maximum atomic E-state index is 10.4. The van der Waals surface area contributed by atoms with Crippen LogP contribution in [0.4, 0.5) is 0 Å². The van der Waals surface area contributed by atoms with Gasteiger partial charge in [0.2, 0.25) is 0 Å². The molecule has 5 nitrogen and oxygen atoms in total. The topological polar surface area (TPSA) is 83.0 Å². The number of hydrogen-bond donors (Lipinski definition) is 2. The molecule has 0 aliphatic heterocycles. The van der Waals surface area contributed by atoms with Crippen molar-refractivity contribution in [1.82, 2.24) is 9.97 Å². The lowest BCUT2D eigenvalue weighted by atomic mass is 10.2. The van der Waals surface area contributed by atoms with E-state index in [0.717, 1.165) is 12.8 Å². The molecule has 0 aromatic carbocycles. The van der Waals surface area contributed by atoms with E-state index >= 15 is 0 Å². The Balaban J connectivity index is 0.000000322. The Hall–Kier alpha value is -0.880. The SMILES string of the molecule is CCCCC(C)S(=O)(=O)O.c1c[nH]cn1. The second kappa shape index (κ2) is 7.42. The third kappa shape index (κ3) is 8.14. The summed E-state index contributed by atoms with van der Waals surface area (Å²) < 4.78 is 29.3. The van der Waals surface area contributed by atoms with E-state index in [4.69, 9.17) is 4.55 Å². The van der Waals surface area contributed by atoms with Gasteiger partial charge >= 0.3 is 0 Å². The molecule has 0 saturated heterocycles. The van der Waals surface area contributed by atoms with Gasteiger partial charge in [0.25, 0.3) is 10.1 Å². The van der Waals surface area contributed by atoms with Crippen LogP contribution in [0.15, 0.2) is 18.7 Å². The molecule has 1 atom stereocenters. The van der Waals surface area contributed by atoms with Crippen molar-refractivity contribution < 1.29 is 13.0 Å². The van der Waals surface area contributed by atoms with E-state index in [-0.39, 0.29) is 0 Å². The standard InChI is InChI=1S/C6H14O3S.C3H4N2/c1-3-4-5-6(2)10(7,8)9;1-2-5-3-4-1/h6H,3-5H2,1-2H3,(H,7,8,9);1-3H,(H,4,5). The van der Waals surface area contributed by atoms with Crippen molar-refractivity contribution in [2.75, 3.05) is 0 Å². The van der Waals surface area contributed by atoms with Gasteiger partial charge in [0, 0.05) is 12.4 Å². The summed E-state index contributed by atoms with van der Waals surface area (Å²) in [4.78, 5) is 6.42. The first-order valence-electron chi connectivity index (χ1n) is 4.87. The van der Waals surface area contributed by atoms with Gasteiger partial charge in [-0.2, -0.15) is 8.42 Å². The molecule has 0 aliphatic carbocycles. The zero-order valence-electron chi connectivity index (χ0n) is 9.05. The molecule has 0 spiro atoms. The molecule has 88 valence electrons. The fraction of sp³-hybridized carbons (Fsp3) is 0.667. The van der Waals surface area contributed by atoms with E-state index in [1.165, 1.54) is 6.92 Å². The number of hydrogen-bond acceptors (Lipinski definition) is 3. The van der Waals surface area contributed by atoms with Crippen LogP contribution in [-0.4, -0.2) is 28.2 Å². The van der Waals surface area contributed by atoms with E-state index in [2.05, 4.69) is 9.97 Å². The third-order valence-electron chi connectivity index (χ3n) is 1.88. The van der Waals surface area contributed by atoms with E-state index in [9.17, 15) is 8.42 Å². The monoisotopic (exact) mass is 234 g/mol. The second-order valence-corrected chi connectivity index (χ2v) is 5.06. The molecule has 0 aliphatic rings. The Labute approximate surface area is 90.7 Å². The van der Waals surface area contributed by atoms with Gasteiger partial charge in [0.05, 0.1) is 11.6 Å². The van der Waals surface area contributed by atoms with Crippen LogP contribution in [0, 0.1) is 0 Å². The number of H-pyrrole nitrogens is 1. The highest BCUT2D eigenvalue weighted by molar-refractivity contribution is 7.86. The highest BCUT2D eigenvalue weighted by atomic mass is 32.2. The molecule has 0 fully saturated rings. The summed E-state index contributed by atoms with van der Waals surface area (Å²) in [6.07, 6.45) is 7.44. The minimum Gasteiger partial charge on any atom is -0.351 e. The molecule has 0 amide bonds.